The monoisotopic (exact) mass is 1810 g/mol. The Hall–Kier alpha value is -15.3. The number of para-hydroxylation sites is 1. The van der Waals surface area contributed by atoms with E-state index in [9.17, 15) is 38.7 Å². The summed E-state index contributed by atoms with van der Waals surface area (Å²) >= 11 is 0. The normalized spacial score (nSPS) is 12.6. The number of nitrogens with one attached hydrogen (secondary N) is 5. The average molecular weight is 1820 g/mol. The topological polar surface area (TPSA) is 426 Å². The molecule has 0 saturated heterocycles. The molecule has 0 aliphatic rings. The molecule has 4 amide bonds. The van der Waals surface area contributed by atoms with Crippen LogP contribution in [0.2, 0.25) is 0 Å². The lowest BCUT2D eigenvalue weighted by molar-refractivity contribution is -0.147. The molecule has 24 nitrogen and oxygen atoms in total. The van der Waals surface area contributed by atoms with Crippen LogP contribution in [0.5, 0.6) is 0 Å². The van der Waals surface area contributed by atoms with Gasteiger partial charge in [0, 0.05) is 112 Å². The molecular formula is C111H123N13O11. The van der Waals surface area contributed by atoms with Crippen LogP contribution in [0.25, 0.3) is 78.0 Å². The maximum Gasteiger partial charge on any atom is 0.311 e. The zero-order valence-corrected chi connectivity index (χ0v) is 77.6. The van der Waals surface area contributed by atoms with E-state index in [0.717, 1.165) is 116 Å². The molecule has 2 heterocycles. The minimum absolute atomic E-state index is 0.0248. The zero-order valence-electron chi connectivity index (χ0n) is 77.6. The molecular weight excluding hydrogens is 1690 g/mol. The molecule has 0 radical (unpaired) electrons. The van der Waals surface area contributed by atoms with E-state index >= 15 is 0 Å². The molecule has 8 unspecified atom stereocenters. The fraction of sp³-hybridized carbons (Fsp3) is 0.225. The van der Waals surface area contributed by atoms with Gasteiger partial charge in [0.15, 0.2) is 0 Å². The highest BCUT2D eigenvalue weighted by Gasteiger charge is 2.33. The molecule has 698 valence electrons. The van der Waals surface area contributed by atoms with E-state index in [2.05, 4.69) is 63.6 Å². The highest BCUT2D eigenvalue weighted by Crippen LogP contribution is 2.31. The molecule has 2 aromatic heterocycles. The molecule has 0 saturated carbocycles. The van der Waals surface area contributed by atoms with Gasteiger partial charge in [0.05, 0.1) is 50.8 Å². The zero-order chi connectivity index (χ0) is 97.4. The Labute approximate surface area is 789 Å². The number of aromatic nitrogens is 2. The lowest BCUT2D eigenvalue weighted by atomic mass is 9.89. The maximum atomic E-state index is 13.1. The third kappa shape index (κ3) is 28.4. The van der Waals surface area contributed by atoms with Crippen molar-refractivity contribution in [3.8, 4) is 33.4 Å². The van der Waals surface area contributed by atoms with Crippen molar-refractivity contribution in [1.29, 1.82) is 0 Å². The fourth-order valence-corrected chi connectivity index (χ4v) is 16.0. The summed E-state index contributed by atoms with van der Waals surface area (Å²) in [7, 11) is 4.05. The van der Waals surface area contributed by atoms with Crippen LogP contribution < -0.4 is 61.4 Å². The van der Waals surface area contributed by atoms with E-state index in [4.69, 9.17) is 54.3 Å². The Balaban J connectivity index is 0.000000186. The van der Waals surface area contributed by atoms with E-state index in [-0.39, 0.29) is 59.8 Å². The number of aromatic amines is 1. The number of H-pyrrole nitrogens is 1. The third-order valence-electron chi connectivity index (χ3n) is 23.8. The predicted octanol–water partition coefficient (Wildman–Crippen LogP) is 16.1. The number of fused-ring (bicyclic) bond motifs is 3. The van der Waals surface area contributed by atoms with Crippen molar-refractivity contribution in [2.75, 3.05) is 27.9 Å². The van der Waals surface area contributed by atoms with Gasteiger partial charge in [-0.3, -0.25) is 33.6 Å². The van der Waals surface area contributed by atoms with Gasteiger partial charge in [-0.15, -0.1) is 0 Å². The van der Waals surface area contributed by atoms with Crippen LogP contribution >= 0.6 is 0 Å². The first-order valence-electron chi connectivity index (χ1n) is 44.8. The number of nitrogens with two attached hydrogens (primary N) is 7. The Morgan fingerprint density at radius 3 is 1.03 bits per heavy atom. The standard InChI is InChI=1S/C29H33N3O3.C28H31N3O3.C28H33N3O2.C26H26N4O3/c1-4-27(26(29(34)35-3)17-20-7-5-9-24(15-20)19(2)31)32-28(33)23-13-11-22(12-14-23)25-10-6-8-21(16-25)18-30;1-18(30)24-8-4-6-20(14-24)16-26(28(33)34-3)19(2)31-27(32)23-12-10-22(11-13-23)25-9-5-7-21(15-25)17-29;1-3-27(26(18-32)15-20-6-4-8-24(14-20)19(2)30)31-28(33)23-12-10-22(11-13-23)25-9-5-7-21(16-25)17-29;1-15(27)18-8-6-7-17(11-18)12-20(26(32)33-3)16(2)29-25(31)23-13-21-19-9-4-5-10-22(19)30-24(21)14-28-23/h5-16,26-27H,2,4,17-18,30-31H2,1,3H3,(H,32,33);4-15,19,26H,1,16-17,29-30H2,2-3H3,(H,31,32);4-14,16,26-27,32H,2-3,15,17-18,29-30H2,1H3,(H,31,33);4-11,13-14,16,20,30H,1,12,27H2,2-3H3,(H,29,31). The number of aliphatic hydroxyl groups is 1. The van der Waals surface area contributed by atoms with Crippen molar-refractivity contribution in [3.63, 3.8) is 0 Å². The molecule has 24 heteroatoms. The van der Waals surface area contributed by atoms with Crippen LogP contribution in [-0.2, 0) is 73.9 Å². The largest absolute Gasteiger partial charge is 0.469 e. The summed E-state index contributed by atoms with van der Waals surface area (Å²) in [5, 5.41) is 24.0. The second kappa shape index (κ2) is 49.8. The Morgan fingerprint density at radius 2 is 0.674 bits per heavy atom. The van der Waals surface area contributed by atoms with E-state index in [1.807, 2.05) is 250 Å². The van der Waals surface area contributed by atoms with E-state index < -0.39 is 41.8 Å². The van der Waals surface area contributed by atoms with Crippen LogP contribution in [0.4, 0.5) is 0 Å². The molecule has 13 aromatic rings. The molecule has 20 N–H and O–H groups in total. The molecule has 11 aromatic carbocycles. The molecule has 0 bridgehead atoms. The second-order valence-electron chi connectivity index (χ2n) is 33.3. The van der Waals surface area contributed by atoms with Crippen LogP contribution in [0.15, 0.2) is 305 Å². The van der Waals surface area contributed by atoms with Crippen LogP contribution in [0.3, 0.4) is 0 Å². The number of methoxy groups -OCH3 is 3. The first kappa shape index (κ1) is 102. The molecule has 8 atom stereocenters. The highest BCUT2D eigenvalue weighted by molar-refractivity contribution is 6.09. The van der Waals surface area contributed by atoms with Crippen molar-refractivity contribution in [2.24, 2.45) is 63.8 Å². The van der Waals surface area contributed by atoms with Crippen molar-refractivity contribution >= 4 is 86.1 Å². The predicted molar refractivity (Wildman–Crippen MR) is 540 cm³/mol. The number of esters is 3. The van der Waals surface area contributed by atoms with E-state index in [0.29, 0.717) is 97.6 Å². The Morgan fingerprint density at radius 1 is 0.348 bits per heavy atom. The SMILES string of the molecule is C=C(N)c1cccc(CC(C(=O)OC)C(C)NC(=O)c2cc3c(cn2)[nH]c2ccccc23)c1.C=C(N)c1cccc(CC(C(=O)OC)C(C)NC(=O)c2ccc(-c3cccc(CN)c3)cc2)c1.C=C(N)c1cccc(CC(C(=O)OC)C(CC)NC(=O)c2ccc(-c3cccc(CN)c3)cc2)c1.C=C(N)c1cccc(CC(CO)C(CC)NC(=O)c2ccc(-c3cccc(CN)c3)cc2)c1. The number of hydrogen-bond acceptors (Lipinski definition) is 19. The summed E-state index contributed by atoms with van der Waals surface area (Å²) in [4.78, 5) is 97.3. The number of nitrogens with zero attached hydrogens (tertiary/aromatic N) is 1. The van der Waals surface area contributed by atoms with Crippen LogP contribution in [0, 0.1) is 23.7 Å². The molecule has 135 heavy (non-hydrogen) atoms. The summed E-state index contributed by atoms with van der Waals surface area (Å²) in [5.74, 6) is -3.97. The van der Waals surface area contributed by atoms with Gasteiger partial charge >= 0.3 is 17.9 Å². The van der Waals surface area contributed by atoms with Crippen LogP contribution in [0.1, 0.15) is 143 Å². The number of carbonyl (C=O) groups excluding carboxylic acids is 7. The Bertz CT molecular complexity index is 6330. The van der Waals surface area contributed by atoms with Crippen molar-refractivity contribution in [1.82, 2.24) is 31.2 Å². The van der Waals surface area contributed by atoms with Gasteiger partial charge in [0.25, 0.3) is 23.6 Å². The molecule has 13 rings (SSSR count). The van der Waals surface area contributed by atoms with Gasteiger partial charge in [0.1, 0.15) is 5.69 Å². The van der Waals surface area contributed by atoms with Gasteiger partial charge in [0.2, 0.25) is 0 Å². The van der Waals surface area contributed by atoms with Crippen LogP contribution in [-0.4, -0.2) is 109 Å². The number of aliphatic hydroxyl groups excluding tert-OH is 1. The van der Waals surface area contributed by atoms with Gasteiger partial charge in [-0.2, -0.15) is 0 Å². The number of pyridine rings is 1. The number of amides is 4. The summed E-state index contributed by atoms with van der Waals surface area (Å²) in [6, 6.07) is 84.9. The Kier molecular flexibility index (Phi) is 37.5. The van der Waals surface area contributed by atoms with Crippen molar-refractivity contribution < 1.29 is 52.9 Å². The van der Waals surface area contributed by atoms with E-state index in [1.54, 1.807) is 50.4 Å². The summed E-state index contributed by atoms with van der Waals surface area (Å²) in [6.45, 7) is 24.0. The summed E-state index contributed by atoms with van der Waals surface area (Å²) in [6.07, 6.45) is 4.74. The summed E-state index contributed by atoms with van der Waals surface area (Å²) in [5.41, 5.74) is 62.5. The second-order valence-corrected chi connectivity index (χ2v) is 33.3. The first-order valence-corrected chi connectivity index (χ1v) is 44.8. The summed E-state index contributed by atoms with van der Waals surface area (Å²) < 4.78 is 15.1. The third-order valence-corrected chi connectivity index (χ3v) is 23.8. The lowest BCUT2D eigenvalue weighted by Crippen LogP contribution is -2.44. The quantitative estimate of drug-likeness (QED) is 0.0128. The molecule has 0 aliphatic heterocycles. The van der Waals surface area contributed by atoms with Gasteiger partial charge in [-0.25, -0.2) is 4.98 Å². The highest BCUT2D eigenvalue weighted by atomic mass is 16.5. The smallest absolute Gasteiger partial charge is 0.311 e. The number of benzene rings is 11. The number of hydrogen-bond donors (Lipinski definition) is 13. The fourth-order valence-electron chi connectivity index (χ4n) is 16.0. The average Bonchev–Trinajstić information content (AvgIpc) is 1.67. The molecule has 0 spiro atoms. The minimum Gasteiger partial charge on any atom is -0.469 e. The van der Waals surface area contributed by atoms with Gasteiger partial charge < -0.3 is 85.7 Å². The van der Waals surface area contributed by atoms with Gasteiger partial charge in [-0.05, 0) is 238 Å². The van der Waals surface area contributed by atoms with Crippen molar-refractivity contribution in [3.05, 3.63) is 389 Å². The minimum atomic E-state index is -0.586. The van der Waals surface area contributed by atoms with Gasteiger partial charge in [-0.1, -0.05) is 222 Å². The number of rotatable bonds is 36. The molecule has 0 fully saturated rings. The molecule has 0 aliphatic carbocycles. The first-order chi connectivity index (χ1) is 65.0. The number of carbonyl (C=O) groups is 7. The van der Waals surface area contributed by atoms with E-state index in [1.165, 1.54) is 21.3 Å². The van der Waals surface area contributed by atoms with Crippen molar-refractivity contribution in [2.45, 2.75) is 110 Å². The lowest BCUT2D eigenvalue weighted by Gasteiger charge is -2.26. The maximum absolute atomic E-state index is 13.1. The number of ether oxygens (including phenoxy) is 3.